The van der Waals surface area contributed by atoms with Crippen LogP contribution in [0.3, 0.4) is 0 Å². The molecule has 0 radical (unpaired) electrons. The molecule has 0 aliphatic rings. The lowest BCUT2D eigenvalue weighted by molar-refractivity contribution is 0.532. The minimum atomic E-state index is -4.06. The Morgan fingerprint density at radius 1 is 1.09 bits per heavy atom. The van der Waals surface area contributed by atoms with Crippen LogP contribution in [0.2, 0.25) is 0 Å². The molecular weight excluding hydrogens is 314 g/mol. The van der Waals surface area contributed by atoms with E-state index in [9.17, 15) is 13.2 Å². The van der Waals surface area contributed by atoms with Gasteiger partial charge in [0.25, 0.3) is 0 Å². The molecule has 0 saturated carbocycles. The summed E-state index contributed by atoms with van der Waals surface area (Å²) in [4.78, 5) is 11.5. The summed E-state index contributed by atoms with van der Waals surface area (Å²) in [5.74, 6) is 0. The maximum absolute atomic E-state index is 12.7. The molecule has 5 nitrogen and oxygen atoms in total. The van der Waals surface area contributed by atoms with Crippen molar-refractivity contribution in [3.05, 3.63) is 70.1 Å². The van der Waals surface area contributed by atoms with Gasteiger partial charge in [0.05, 0.1) is 16.5 Å². The standard InChI is InChI=1S/C17H11NO4S/c1-11-5-6-15-13(7-11)9-16(17(19)22-15)23(20,21)14-4-2-3-12(8-14)10-18/h2-9H,1H3. The van der Waals surface area contributed by atoms with E-state index < -0.39 is 20.4 Å². The van der Waals surface area contributed by atoms with E-state index in [1.54, 1.807) is 18.2 Å². The van der Waals surface area contributed by atoms with E-state index in [0.717, 1.165) is 5.56 Å². The smallest absolute Gasteiger partial charge is 0.355 e. The second-order valence-corrected chi connectivity index (χ2v) is 7.00. The van der Waals surface area contributed by atoms with Crippen LogP contribution in [0.4, 0.5) is 0 Å². The Hall–Kier alpha value is -2.91. The zero-order valence-electron chi connectivity index (χ0n) is 12.1. The van der Waals surface area contributed by atoms with Crippen molar-refractivity contribution < 1.29 is 12.8 Å². The minimum Gasteiger partial charge on any atom is -0.422 e. The summed E-state index contributed by atoms with van der Waals surface area (Å²) in [5, 5.41) is 9.43. The molecule has 114 valence electrons. The van der Waals surface area contributed by atoms with E-state index in [0.29, 0.717) is 11.0 Å². The first-order valence-corrected chi connectivity index (χ1v) is 8.20. The number of nitrogens with zero attached hydrogens (tertiary/aromatic N) is 1. The van der Waals surface area contributed by atoms with E-state index >= 15 is 0 Å². The number of nitriles is 1. The van der Waals surface area contributed by atoms with Crippen LogP contribution in [0.15, 0.2) is 67.5 Å². The second kappa shape index (κ2) is 5.38. The SMILES string of the molecule is Cc1ccc2oc(=O)c(S(=O)(=O)c3cccc(C#N)c3)cc2c1. The van der Waals surface area contributed by atoms with Crippen LogP contribution in [-0.4, -0.2) is 8.42 Å². The maximum Gasteiger partial charge on any atom is 0.355 e. The Morgan fingerprint density at radius 3 is 2.61 bits per heavy atom. The van der Waals surface area contributed by atoms with Gasteiger partial charge in [-0.2, -0.15) is 5.26 Å². The third kappa shape index (κ3) is 2.62. The van der Waals surface area contributed by atoms with Gasteiger partial charge in [-0.3, -0.25) is 0 Å². The van der Waals surface area contributed by atoms with Gasteiger partial charge in [0.1, 0.15) is 5.58 Å². The fraction of sp³-hybridized carbons (Fsp3) is 0.0588. The molecule has 1 heterocycles. The predicted octanol–water partition coefficient (Wildman–Crippen LogP) is 2.81. The lowest BCUT2D eigenvalue weighted by Crippen LogP contribution is -2.14. The highest BCUT2D eigenvalue weighted by Crippen LogP contribution is 2.23. The number of sulfone groups is 1. The summed E-state index contributed by atoms with van der Waals surface area (Å²) < 4.78 is 30.5. The van der Waals surface area contributed by atoms with Gasteiger partial charge < -0.3 is 4.42 Å². The van der Waals surface area contributed by atoms with Crippen LogP contribution in [0.1, 0.15) is 11.1 Å². The Labute approximate surface area is 132 Å². The first-order valence-electron chi connectivity index (χ1n) is 6.71. The number of rotatable bonds is 2. The average Bonchev–Trinajstić information content (AvgIpc) is 2.54. The van der Waals surface area contributed by atoms with Crippen LogP contribution in [0.5, 0.6) is 0 Å². The summed E-state index contributed by atoms with van der Waals surface area (Å²) in [7, 11) is -4.06. The number of hydrogen-bond acceptors (Lipinski definition) is 5. The van der Waals surface area contributed by atoms with E-state index in [1.807, 2.05) is 13.0 Å². The molecule has 6 heteroatoms. The van der Waals surface area contributed by atoms with Crippen molar-refractivity contribution >= 4 is 20.8 Å². The summed E-state index contributed by atoms with van der Waals surface area (Å²) >= 11 is 0. The van der Waals surface area contributed by atoms with Crippen LogP contribution >= 0.6 is 0 Å². The molecule has 0 saturated heterocycles. The number of fused-ring (bicyclic) bond motifs is 1. The highest BCUT2D eigenvalue weighted by Gasteiger charge is 2.23. The summed E-state index contributed by atoms with van der Waals surface area (Å²) in [5.41, 5.74) is 0.516. The lowest BCUT2D eigenvalue weighted by Gasteiger charge is -2.05. The quantitative estimate of drug-likeness (QED) is 0.676. The molecule has 0 fully saturated rings. The van der Waals surface area contributed by atoms with Gasteiger partial charge in [0, 0.05) is 5.39 Å². The highest BCUT2D eigenvalue weighted by molar-refractivity contribution is 7.91. The monoisotopic (exact) mass is 325 g/mol. The lowest BCUT2D eigenvalue weighted by atomic mass is 10.2. The third-order valence-electron chi connectivity index (χ3n) is 3.42. The van der Waals surface area contributed by atoms with Gasteiger partial charge in [-0.15, -0.1) is 0 Å². The topological polar surface area (TPSA) is 88.1 Å². The summed E-state index contributed by atoms with van der Waals surface area (Å²) in [6.45, 7) is 1.86. The van der Waals surface area contributed by atoms with Crippen LogP contribution < -0.4 is 5.63 Å². The number of aryl methyl sites for hydroxylation is 1. The van der Waals surface area contributed by atoms with Gasteiger partial charge in [-0.1, -0.05) is 17.7 Å². The van der Waals surface area contributed by atoms with Crippen molar-refractivity contribution in [3.8, 4) is 6.07 Å². The van der Waals surface area contributed by atoms with Gasteiger partial charge >= 0.3 is 5.63 Å². The zero-order valence-corrected chi connectivity index (χ0v) is 12.9. The molecule has 2 aromatic carbocycles. The van der Waals surface area contributed by atoms with E-state index in [4.69, 9.17) is 9.68 Å². The molecule has 23 heavy (non-hydrogen) atoms. The maximum atomic E-state index is 12.7. The molecule has 0 aliphatic carbocycles. The first-order chi connectivity index (χ1) is 10.9. The highest BCUT2D eigenvalue weighted by atomic mass is 32.2. The van der Waals surface area contributed by atoms with Crippen molar-refractivity contribution in [2.24, 2.45) is 0 Å². The normalized spacial score (nSPS) is 11.3. The summed E-state index contributed by atoms with van der Waals surface area (Å²) in [6.07, 6.45) is 0. The summed E-state index contributed by atoms with van der Waals surface area (Å²) in [6, 6.07) is 13.8. The molecule has 1 aromatic heterocycles. The van der Waals surface area contributed by atoms with E-state index in [-0.39, 0.29) is 10.5 Å². The Bertz CT molecular complexity index is 1120. The molecule has 3 rings (SSSR count). The molecule has 0 N–H and O–H groups in total. The molecule has 0 atom stereocenters. The van der Waals surface area contributed by atoms with Crippen LogP contribution in [0, 0.1) is 18.3 Å². The van der Waals surface area contributed by atoms with Gasteiger partial charge in [-0.25, -0.2) is 13.2 Å². The Kier molecular flexibility index (Phi) is 3.51. The molecule has 0 spiro atoms. The van der Waals surface area contributed by atoms with Crippen LogP contribution in [-0.2, 0) is 9.84 Å². The second-order valence-electron chi connectivity index (χ2n) is 5.08. The van der Waals surface area contributed by atoms with Crippen molar-refractivity contribution in [1.82, 2.24) is 0 Å². The molecule has 0 unspecified atom stereocenters. The molecule has 3 aromatic rings. The van der Waals surface area contributed by atoms with Crippen molar-refractivity contribution in [2.75, 3.05) is 0 Å². The van der Waals surface area contributed by atoms with E-state index in [1.165, 1.54) is 30.3 Å². The molecular formula is C17H11NO4S. The predicted molar refractivity (Wildman–Crippen MR) is 83.8 cm³/mol. The number of benzene rings is 2. The fourth-order valence-corrected chi connectivity index (χ4v) is 3.61. The molecule has 0 bridgehead atoms. The fourth-order valence-electron chi connectivity index (χ4n) is 2.27. The largest absolute Gasteiger partial charge is 0.422 e. The molecule has 0 aliphatic heterocycles. The minimum absolute atomic E-state index is 0.115. The first kappa shape index (κ1) is 15.0. The Morgan fingerprint density at radius 2 is 1.87 bits per heavy atom. The average molecular weight is 325 g/mol. The molecule has 0 amide bonds. The Balaban J connectivity index is 2.28. The van der Waals surface area contributed by atoms with Gasteiger partial charge in [-0.05, 0) is 43.3 Å². The van der Waals surface area contributed by atoms with Gasteiger partial charge in [0.2, 0.25) is 9.84 Å². The zero-order chi connectivity index (χ0) is 16.6. The number of hydrogen-bond donors (Lipinski definition) is 0. The third-order valence-corrected chi connectivity index (χ3v) is 5.16. The van der Waals surface area contributed by atoms with Crippen LogP contribution in [0.25, 0.3) is 11.0 Å². The van der Waals surface area contributed by atoms with Crippen molar-refractivity contribution in [2.45, 2.75) is 16.7 Å². The van der Waals surface area contributed by atoms with E-state index in [2.05, 4.69) is 0 Å². The van der Waals surface area contributed by atoms with Gasteiger partial charge in [0.15, 0.2) is 4.90 Å². The van der Waals surface area contributed by atoms with Crippen molar-refractivity contribution in [1.29, 1.82) is 5.26 Å². The van der Waals surface area contributed by atoms with Crippen molar-refractivity contribution in [3.63, 3.8) is 0 Å².